The number of aryl methyl sites for hydroxylation is 2. The molecule has 0 saturated carbocycles. The number of nitrogens with zero attached hydrogens (tertiary/aromatic N) is 2. The van der Waals surface area contributed by atoms with Crippen LogP contribution in [-0.2, 0) is 0 Å². The van der Waals surface area contributed by atoms with Gasteiger partial charge >= 0.3 is 0 Å². The van der Waals surface area contributed by atoms with Crippen LogP contribution in [0, 0.1) is 13.8 Å². The molecule has 0 fully saturated rings. The first-order valence-electron chi connectivity index (χ1n) is 6.03. The Morgan fingerprint density at radius 2 is 1.67 bits per heavy atom. The molecule has 3 rings (SSSR count). The van der Waals surface area contributed by atoms with E-state index in [2.05, 4.69) is 49.2 Å². The van der Waals surface area contributed by atoms with Gasteiger partial charge in [-0.1, -0.05) is 42.0 Å². The molecule has 0 atom stereocenters. The number of hydrogen-bond donors (Lipinski definition) is 0. The second kappa shape index (κ2) is 4.22. The summed E-state index contributed by atoms with van der Waals surface area (Å²) in [6.45, 7) is 4.15. The number of rotatable bonds is 1. The van der Waals surface area contributed by atoms with E-state index in [1.54, 1.807) is 0 Å². The summed E-state index contributed by atoms with van der Waals surface area (Å²) in [5.74, 6) is 0. The zero-order valence-corrected chi connectivity index (χ0v) is 10.5. The molecule has 0 amide bonds. The lowest BCUT2D eigenvalue weighted by molar-refractivity contribution is 1.27. The average Bonchev–Trinajstić information content (AvgIpc) is 2.40. The zero-order valence-electron chi connectivity index (χ0n) is 10.5. The van der Waals surface area contributed by atoms with Gasteiger partial charge in [0.15, 0.2) is 0 Å². The lowest BCUT2D eigenvalue weighted by Gasteiger charge is -2.05. The number of aromatic nitrogens is 2. The third-order valence-corrected chi connectivity index (χ3v) is 3.12. The first-order valence-corrected chi connectivity index (χ1v) is 6.03. The van der Waals surface area contributed by atoms with Crippen molar-refractivity contribution in [3.8, 4) is 11.3 Å². The van der Waals surface area contributed by atoms with Crippen molar-refractivity contribution in [2.75, 3.05) is 0 Å². The quantitative estimate of drug-likeness (QED) is 0.638. The molecule has 0 saturated heterocycles. The van der Waals surface area contributed by atoms with E-state index < -0.39 is 0 Å². The second-order valence-corrected chi connectivity index (χ2v) is 4.56. The van der Waals surface area contributed by atoms with Crippen LogP contribution < -0.4 is 0 Å². The van der Waals surface area contributed by atoms with Crippen molar-refractivity contribution in [2.24, 2.45) is 0 Å². The van der Waals surface area contributed by atoms with E-state index in [9.17, 15) is 0 Å². The van der Waals surface area contributed by atoms with Crippen LogP contribution in [0.15, 0.2) is 48.7 Å². The molecule has 0 spiro atoms. The van der Waals surface area contributed by atoms with Gasteiger partial charge in [-0.15, -0.1) is 0 Å². The van der Waals surface area contributed by atoms with Crippen LogP contribution in [0.2, 0.25) is 0 Å². The molecule has 0 radical (unpaired) electrons. The largest absolute Gasteiger partial charge is 0.252 e. The Bertz CT molecular complexity index is 700. The Morgan fingerprint density at radius 3 is 2.44 bits per heavy atom. The van der Waals surface area contributed by atoms with Crippen LogP contribution in [0.25, 0.3) is 22.3 Å². The van der Waals surface area contributed by atoms with Crippen LogP contribution in [0.1, 0.15) is 11.1 Å². The third-order valence-electron chi connectivity index (χ3n) is 3.12. The van der Waals surface area contributed by atoms with Crippen molar-refractivity contribution >= 4 is 11.0 Å². The van der Waals surface area contributed by atoms with Crippen LogP contribution in [0.3, 0.4) is 0 Å². The number of benzene rings is 2. The molecule has 2 aromatic carbocycles. The van der Waals surface area contributed by atoms with Crippen LogP contribution >= 0.6 is 0 Å². The van der Waals surface area contributed by atoms with Crippen molar-refractivity contribution in [1.29, 1.82) is 0 Å². The standard InChI is InChI=1S/C16H14N2/c1-11-6-8-13(9-7-11)15-10-17-14-5-3-4-12(2)16(14)18-15/h3-10H,1-2H3. The fourth-order valence-corrected chi connectivity index (χ4v) is 2.04. The minimum atomic E-state index is 0.928. The number of para-hydroxylation sites is 1. The van der Waals surface area contributed by atoms with E-state index in [0.717, 1.165) is 27.9 Å². The molecule has 0 bridgehead atoms. The highest BCUT2D eigenvalue weighted by Crippen LogP contribution is 2.21. The summed E-state index contributed by atoms with van der Waals surface area (Å²) < 4.78 is 0. The Kier molecular flexibility index (Phi) is 2.56. The highest BCUT2D eigenvalue weighted by molar-refractivity contribution is 5.80. The molecule has 88 valence electrons. The summed E-state index contributed by atoms with van der Waals surface area (Å²) in [5, 5.41) is 0. The fourth-order valence-electron chi connectivity index (χ4n) is 2.04. The summed E-state index contributed by atoms with van der Waals surface area (Å²) in [4.78, 5) is 9.19. The molecule has 0 aliphatic rings. The molecule has 3 aromatic rings. The fraction of sp³-hybridized carbons (Fsp3) is 0.125. The van der Waals surface area contributed by atoms with E-state index in [0.29, 0.717) is 0 Å². The van der Waals surface area contributed by atoms with E-state index in [-0.39, 0.29) is 0 Å². The molecule has 2 heteroatoms. The molecule has 18 heavy (non-hydrogen) atoms. The maximum atomic E-state index is 4.71. The van der Waals surface area contributed by atoms with Crippen LogP contribution in [0.4, 0.5) is 0 Å². The van der Waals surface area contributed by atoms with E-state index in [1.165, 1.54) is 5.56 Å². The van der Waals surface area contributed by atoms with Gasteiger partial charge in [-0.3, -0.25) is 4.98 Å². The Morgan fingerprint density at radius 1 is 0.889 bits per heavy atom. The summed E-state index contributed by atoms with van der Waals surface area (Å²) in [6, 6.07) is 14.4. The summed E-state index contributed by atoms with van der Waals surface area (Å²) in [7, 11) is 0. The molecular formula is C16H14N2. The summed E-state index contributed by atoms with van der Waals surface area (Å²) >= 11 is 0. The molecule has 0 aliphatic carbocycles. The summed E-state index contributed by atoms with van der Waals surface area (Å²) in [5.41, 5.74) is 6.38. The monoisotopic (exact) mass is 234 g/mol. The van der Waals surface area contributed by atoms with Crippen molar-refractivity contribution in [2.45, 2.75) is 13.8 Å². The first-order chi connectivity index (χ1) is 8.74. The predicted octanol–water partition coefficient (Wildman–Crippen LogP) is 3.91. The van der Waals surface area contributed by atoms with Gasteiger partial charge in [0.05, 0.1) is 22.9 Å². The van der Waals surface area contributed by atoms with E-state index >= 15 is 0 Å². The maximum Gasteiger partial charge on any atom is 0.0923 e. The molecular weight excluding hydrogens is 220 g/mol. The molecule has 0 unspecified atom stereocenters. The van der Waals surface area contributed by atoms with Crippen molar-refractivity contribution in [1.82, 2.24) is 9.97 Å². The normalized spacial score (nSPS) is 10.8. The van der Waals surface area contributed by atoms with Gasteiger partial charge in [0.25, 0.3) is 0 Å². The number of fused-ring (bicyclic) bond motifs is 1. The smallest absolute Gasteiger partial charge is 0.0923 e. The van der Waals surface area contributed by atoms with Crippen LogP contribution in [0.5, 0.6) is 0 Å². The minimum absolute atomic E-state index is 0.928. The predicted molar refractivity (Wildman–Crippen MR) is 74.4 cm³/mol. The highest BCUT2D eigenvalue weighted by atomic mass is 14.8. The molecule has 0 aliphatic heterocycles. The lowest BCUT2D eigenvalue weighted by atomic mass is 10.1. The van der Waals surface area contributed by atoms with Gasteiger partial charge in [-0.25, -0.2) is 4.98 Å². The Labute approximate surface area is 106 Å². The van der Waals surface area contributed by atoms with Gasteiger partial charge in [0, 0.05) is 5.56 Å². The van der Waals surface area contributed by atoms with Gasteiger partial charge in [0.1, 0.15) is 0 Å². The second-order valence-electron chi connectivity index (χ2n) is 4.56. The van der Waals surface area contributed by atoms with Gasteiger partial charge in [-0.2, -0.15) is 0 Å². The topological polar surface area (TPSA) is 25.8 Å². The van der Waals surface area contributed by atoms with Gasteiger partial charge < -0.3 is 0 Å². The highest BCUT2D eigenvalue weighted by Gasteiger charge is 2.04. The average molecular weight is 234 g/mol. The van der Waals surface area contributed by atoms with Gasteiger partial charge in [0.2, 0.25) is 0 Å². The Hall–Kier alpha value is -2.22. The molecule has 0 N–H and O–H groups in total. The molecule has 2 nitrogen and oxygen atoms in total. The van der Waals surface area contributed by atoms with Crippen LogP contribution in [-0.4, -0.2) is 9.97 Å². The zero-order chi connectivity index (χ0) is 12.5. The van der Waals surface area contributed by atoms with Gasteiger partial charge in [-0.05, 0) is 25.5 Å². The van der Waals surface area contributed by atoms with Crippen molar-refractivity contribution in [3.63, 3.8) is 0 Å². The molecule has 1 heterocycles. The SMILES string of the molecule is Cc1ccc(-c2cnc3cccc(C)c3n2)cc1. The third kappa shape index (κ3) is 1.86. The van der Waals surface area contributed by atoms with E-state index in [1.807, 2.05) is 18.3 Å². The van der Waals surface area contributed by atoms with Crippen molar-refractivity contribution in [3.05, 3.63) is 59.8 Å². The summed E-state index contributed by atoms with van der Waals surface area (Å²) in [6.07, 6.45) is 1.84. The van der Waals surface area contributed by atoms with E-state index in [4.69, 9.17) is 4.98 Å². The first kappa shape index (κ1) is 10.9. The number of hydrogen-bond acceptors (Lipinski definition) is 2. The minimum Gasteiger partial charge on any atom is -0.252 e. The lowest BCUT2D eigenvalue weighted by Crippen LogP contribution is -1.90. The van der Waals surface area contributed by atoms with Crippen molar-refractivity contribution < 1.29 is 0 Å². The maximum absolute atomic E-state index is 4.71. The Balaban J connectivity index is 2.18. The molecule has 1 aromatic heterocycles.